The minimum absolute atomic E-state index is 0.0207. The molecule has 1 rings (SSSR count). The number of halogens is 1. The van der Waals surface area contributed by atoms with Crippen LogP contribution in [0.4, 0.5) is 5.82 Å². The number of likely N-dealkylation sites (N-methyl/N-ethyl adjacent to an activating group) is 1. The van der Waals surface area contributed by atoms with E-state index >= 15 is 0 Å². The van der Waals surface area contributed by atoms with E-state index in [0.29, 0.717) is 5.82 Å². The largest absolute Gasteiger partial charge is 0.385 e. The second-order valence-corrected chi connectivity index (χ2v) is 6.25. The van der Waals surface area contributed by atoms with E-state index < -0.39 is 9.84 Å². The van der Waals surface area contributed by atoms with Crippen LogP contribution in [0.25, 0.3) is 0 Å². The molecule has 1 aromatic rings. The van der Waals surface area contributed by atoms with Crippen molar-refractivity contribution in [2.45, 2.75) is 18.1 Å². The lowest BCUT2D eigenvalue weighted by atomic mass is 10.3. The number of rotatable bonds is 5. The second-order valence-electron chi connectivity index (χ2n) is 3.96. The summed E-state index contributed by atoms with van der Waals surface area (Å²) in [6.07, 6.45) is 2.72. The summed E-state index contributed by atoms with van der Waals surface area (Å²) < 4.78 is 22.8. The summed E-state index contributed by atoms with van der Waals surface area (Å²) in [4.78, 5) is 7.49. The summed E-state index contributed by atoms with van der Waals surface area (Å²) >= 11 is 5.74. The quantitative estimate of drug-likeness (QED) is 0.532. The molecule has 0 saturated carbocycles. The molecule has 106 valence electrons. The summed E-state index contributed by atoms with van der Waals surface area (Å²) in [6.45, 7) is 1.91. The van der Waals surface area contributed by atoms with Crippen LogP contribution in [0.1, 0.15) is 6.92 Å². The molecule has 7 nitrogen and oxygen atoms in total. The van der Waals surface area contributed by atoms with Gasteiger partial charge in [0.1, 0.15) is 11.0 Å². The van der Waals surface area contributed by atoms with Gasteiger partial charge in [-0.2, -0.15) is 0 Å². The zero-order chi connectivity index (χ0) is 14.6. The summed E-state index contributed by atoms with van der Waals surface area (Å²) in [6, 6.07) is 1.44. The monoisotopic (exact) mass is 305 g/mol. The van der Waals surface area contributed by atoms with Gasteiger partial charge in [0.05, 0.1) is 5.82 Å². The first-order valence-electron chi connectivity index (χ1n) is 5.38. The van der Waals surface area contributed by atoms with Gasteiger partial charge in [-0.1, -0.05) is 11.6 Å². The fourth-order valence-corrected chi connectivity index (χ4v) is 1.93. The molecule has 0 saturated heterocycles. The van der Waals surface area contributed by atoms with Crippen molar-refractivity contribution in [3.63, 3.8) is 0 Å². The minimum atomic E-state index is -3.53. The molecule has 1 atom stereocenters. The van der Waals surface area contributed by atoms with Crippen LogP contribution in [0.2, 0.25) is 5.15 Å². The summed E-state index contributed by atoms with van der Waals surface area (Å²) in [5.41, 5.74) is 5.75. The SMILES string of the molecule is CNC(C)/C=C(\N)Nc1cc(Cl)nc(S(C)(=O)=O)n1. The highest BCUT2D eigenvalue weighted by molar-refractivity contribution is 7.90. The van der Waals surface area contributed by atoms with Gasteiger partial charge in [-0.3, -0.25) is 0 Å². The van der Waals surface area contributed by atoms with Crippen LogP contribution in [0.15, 0.2) is 23.1 Å². The number of anilines is 1. The predicted octanol–water partition coefficient (Wildman–Crippen LogP) is 0.353. The van der Waals surface area contributed by atoms with Crippen molar-refractivity contribution in [2.24, 2.45) is 5.73 Å². The molecule has 0 spiro atoms. The third-order valence-electron chi connectivity index (χ3n) is 2.16. The van der Waals surface area contributed by atoms with Crippen LogP contribution >= 0.6 is 11.6 Å². The van der Waals surface area contributed by atoms with Crippen LogP contribution in [0.3, 0.4) is 0 Å². The lowest BCUT2D eigenvalue weighted by Crippen LogP contribution is -2.22. The highest BCUT2D eigenvalue weighted by Gasteiger charge is 2.13. The average Bonchev–Trinajstić information content (AvgIpc) is 2.26. The Hall–Kier alpha value is -1.38. The Labute approximate surface area is 117 Å². The lowest BCUT2D eigenvalue weighted by molar-refractivity contribution is 0.593. The fraction of sp³-hybridized carbons (Fsp3) is 0.400. The fourth-order valence-electron chi connectivity index (χ4n) is 1.17. The molecule has 4 N–H and O–H groups in total. The van der Waals surface area contributed by atoms with Gasteiger partial charge in [0.15, 0.2) is 0 Å². The molecule has 1 aromatic heterocycles. The summed E-state index contributed by atoms with van der Waals surface area (Å²) in [5.74, 6) is 0.550. The van der Waals surface area contributed by atoms with Crippen molar-refractivity contribution in [3.05, 3.63) is 23.1 Å². The van der Waals surface area contributed by atoms with Crippen LogP contribution < -0.4 is 16.4 Å². The van der Waals surface area contributed by atoms with Crippen LogP contribution in [-0.4, -0.2) is 37.7 Å². The molecular formula is C10H16ClN5O2S. The highest BCUT2D eigenvalue weighted by atomic mass is 35.5. The van der Waals surface area contributed by atoms with Crippen molar-refractivity contribution in [1.82, 2.24) is 15.3 Å². The Morgan fingerprint density at radius 3 is 2.68 bits per heavy atom. The van der Waals surface area contributed by atoms with E-state index in [1.807, 2.05) is 6.92 Å². The number of sulfone groups is 1. The number of aromatic nitrogens is 2. The molecule has 0 amide bonds. The van der Waals surface area contributed by atoms with E-state index in [1.165, 1.54) is 6.07 Å². The molecule has 0 radical (unpaired) electrons. The van der Waals surface area contributed by atoms with Gasteiger partial charge in [-0.05, 0) is 20.0 Å². The molecule has 0 aromatic carbocycles. The van der Waals surface area contributed by atoms with Crippen molar-refractivity contribution in [3.8, 4) is 0 Å². The lowest BCUT2D eigenvalue weighted by Gasteiger charge is -2.10. The topological polar surface area (TPSA) is 110 Å². The third-order valence-corrected chi connectivity index (χ3v) is 3.20. The Morgan fingerprint density at radius 2 is 2.16 bits per heavy atom. The van der Waals surface area contributed by atoms with Gasteiger partial charge in [-0.15, -0.1) is 0 Å². The highest BCUT2D eigenvalue weighted by Crippen LogP contribution is 2.15. The Bertz CT molecular complexity index is 588. The number of hydrogen-bond donors (Lipinski definition) is 3. The van der Waals surface area contributed by atoms with E-state index in [9.17, 15) is 8.42 Å². The average molecular weight is 306 g/mol. The zero-order valence-corrected chi connectivity index (χ0v) is 12.4. The minimum Gasteiger partial charge on any atom is -0.385 e. The maximum atomic E-state index is 11.4. The summed E-state index contributed by atoms with van der Waals surface area (Å²) in [7, 11) is -1.74. The standard InChI is InChI=1S/C10H16ClN5O2S/c1-6(13-2)4-8(12)15-9-5-7(11)14-10(16-9)19(3,17)18/h4-6,13H,12H2,1-3H3,(H,14,15,16)/b8-4+. The molecule has 19 heavy (non-hydrogen) atoms. The van der Waals surface area contributed by atoms with E-state index in [-0.39, 0.29) is 22.2 Å². The van der Waals surface area contributed by atoms with Crippen molar-refractivity contribution in [2.75, 3.05) is 18.6 Å². The van der Waals surface area contributed by atoms with Gasteiger partial charge < -0.3 is 16.4 Å². The Balaban J connectivity index is 3.03. The maximum Gasteiger partial charge on any atom is 0.250 e. The van der Waals surface area contributed by atoms with E-state index in [4.69, 9.17) is 17.3 Å². The third kappa shape index (κ3) is 5.01. The molecule has 1 unspecified atom stereocenters. The van der Waals surface area contributed by atoms with Crippen LogP contribution in [0.5, 0.6) is 0 Å². The number of nitrogens with one attached hydrogen (secondary N) is 2. The van der Waals surface area contributed by atoms with Crippen LogP contribution in [-0.2, 0) is 9.84 Å². The molecule has 0 aliphatic heterocycles. The van der Waals surface area contributed by atoms with Crippen molar-refractivity contribution >= 4 is 27.3 Å². The number of nitrogens with two attached hydrogens (primary N) is 1. The Kier molecular flexibility index (Phi) is 5.10. The van der Waals surface area contributed by atoms with Gasteiger partial charge in [0.25, 0.3) is 0 Å². The molecular weight excluding hydrogens is 290 g/mol. The molecule has 0 bridgehead atoms. The predicted molar refractivity (Wildman–Crippen MR) is 74.6 cm³/mol. The van der Waals surface area contributed by atoms with Crippen LogP contribution in [0, 0.1) is 0 Å². The summed E-state index contributed by atoms with van der Waals surface area (Å²) in [5, 5.41) is 5.41. The zero-order valence-electron chi connectivity index (χ0n) is 10.8. The van der Waals surface area contributed by atoms with E-state index in [2.05, 4.69) is 20.6 Å². The number of nitrogens with zero attached hydrogens (tertiary/aromatic N) is 2. The molecule has 0 aliphatic carbocycles. The first-order chi connectivity index (χ1) is 8.72. The van der Waals surface area contributed by atoms with Gasteiger partial charge in [-0.25, -0.2) is 18.4 Å². The first-order valence-corrected chi connectivity index (χ1v) is 7.65. The van der Waals surface area contributed by atoms with Gasteiger partial charge in [0, 0.05) is 18.4 Å². The molecule has 1 heterocycles. The van der Waals surface area contributed by atoms with Crippen molar-refractivity contribution < 1.29 is 8.42 Å². The van der Waals surface area contributed by atoms with Gasteiger partial charge in [0.2, 0.25) is 15.0 Å². The normalized spacial score (nSPS) is 14.2. The van der Waals surface area contributed by atoms with E-state index in [1.54, 1.807) is 13.1 Å². The molecule has 0 fully saturated rings. The molecule has 0 aliphatic rings. The first kappa shape index (κ1) is 15.7. The number of hydrogen-bond acceptors (Lipinski definition) is 7. The Morgan fingerprint density at radius 1 is 1.53 bits per heavy atom. The smallest absolute Gasteiger partial charge is 0.250 e. The molecule has 9 heteroatoms. The van der Waals surface area contributed by atoms with Gasteiger partial charge >= 0.3 is 0 Å². The second kappa shape index (κ2) is 6.18. The van der Waals surface area contributed by atoms with E-state index in [0.717, 1.165) is 6.26 Å². The van der Waals surface area contributed by atoms with Crippen molar-refractivity contribution in [1.29, 1.82) is 0 Å². The maximum absolute atomic E-state index is 11.4.